The number of carbonyl (C=O) groups excluding carboxylic acids is 1. The Kier molecular flexibility index (Phi) is 9.64. The molecule has 0 amide bonds. The predicted molar refractivity (Wildman–Crippen MR) is 206 cm³/mol. The van der Waals surface area contributed by atoms with E-state index in [1.54, 1.807) is 0 Å². The number of ether oxygens (including phenoxy) is 1. The number of allylic oxidation sites excluding steroid dienone is 5. The molecule has 7 rings (SSSR count). The first kappa shape index (κ1) is 37.1. The number of benzene rings is 1. The highest BCUT2D eigenvalue weighted by molar-refractivity contribution is 5.78. The predicted octanol–water partition coefficient (Wildman–Crippen LogP) is 10.3. The van der Waals surface area contributed by atoms with Crippen molar-refractivity contribution in [2.24, 2.45) is 62.4 Å². The van der Waals surface area contributed by atoms with Gasteiger partial charge in [0, 0.05) is 18.6 Å². The lowest BCUT2D eigenvalue weighted by molar-refractivity contribution is -0.221. The fourth-order valence-electron chi connectivity index (χ4n) is 14.3. The molecule has 0 unspecified atom stereocenters. The van der Waals surface area contributed by atoms with Gasteiger partial charge in [0.2, 0.25) is 0 Å². The van der Waals surface area contributed by atoms with Crippen molar-refractivity contribution >= 4 is 5.97 Å². The number of rotatable bonds is 9. The van der Waals surface area contributed by atoms with Gasteiger partial charge in [-0.2, -0.15) is 0 Å². The van der Waals surface area contributed by atoms with Gasteiger partial charge in [0.1, 0.15) is 13.3 Å². The maximum Gasteiger partial charge on any atom is 0.315 e. The largest absolute Gasteiger partial charge is 0.460 e. The zero-order valence-electron chi connectivity index (χ0n) is 32.7. The minimum Gasteiger partial charge on any atom is -0.460 e. The monoisotopic (exact) mass is 699 g/mol. The Morgan fingerprint density at radius 2 is 1.69 bits per heavy atom. The summed E-state index contributed by atoms with van der Waals surface area (Å²) in [6.07, 6.45) is 17.9. The van der Waals surface area contributed by atoms with Crippen LogP contribution in [0.2, 0.25) is 0 Å². The van der Waals surface area contributed by atoms with Crippen LogP contribution in [-0.4, -0.2) is 31.3 Å². The van der Waals surface area contributed by atoms with Gasteiger partial charge in [0.25, 0.3) is 0 Å². The molecule has 280 valence electrons. The minimum atomic E-state index is -1.08. The topological polar surface area (TPSA) is 64.3 Å². The molecule has 0 bridgehead atoms. The van der Waals surface area contributed by atoms with E-state index in [4.69, 9.17) is 10.5 Å². The number of hydrogen-bond acceptors (Lipinski definition) is 4. The first-order chi connectivity index (χ1) is 24.2. The summed E-state index contributed by atoms with van der Waals surface area (Å²) in [5, 5.41) is 4.07. The van der Waals surface area contributed by atoms with Crippen LogP contribution < -0.4 is 11.1 Å². The molecule has 0 spiro atoms. The summed E-state index contributed by atoms with van der Waals surface area (Å²) in [4.78, 5) is 13.3. The van der Waals surface area contributed by atoms with E-state index < -0.39 is 18.1 Å². The van der Waals surface area contributed by atoms with Crippen molar-refractivity contribution in [2.45, 2.75) is 131 Å². The van der Waals surface area contributed by atoms with Gasteiger partial charge in [-0.05, 0) is 152 Å². The molecule has 10 atom stereocenters. The van der Waals surface area contributed by atoms with Crippen molar-refractivity contribution in [2.75, 3.05) is 19.8 Å². The molecule has 0 radical (unpaired) electrons. The van der Waals surface area contributed by atoms with Crippen molar-refractivity contribution in [1.29, 1.82) is 0 Å². The Hall–Kier alpha value is -2.24. The summed E-state index contributed by atoms with van der Waals surface area (Å²) in [6, 6.07) is 9.69. The zero-order valence-corrected chi connectivity index (χ0v) is 32.7. The van der Waals surface area contributed by atoms with E-state index in [1.807, 2.05) is 30.3 Å². The summed E-state index contributed by atoms with van der Waals surface area (Å²) < 4.78 is 20.4. The van der Waals surface area contributed by atoms with Gasteiger partial charge in [-0.25, -0.2) is 4.39 Å². The van der Waals surface area contributed by atoms with E-state index in [0.29, 0.717) is 59.8 Å². The highest BCUT2D eigenvalue weighted by Gasteiger charge is 2.70. The van der Waals surface area contributed by atoms with Crippen LogP contribution in [0, 0.1) is 56.7 Å². The number of fused-ring (bicyclic) bond motifs is 7. The average Bonchev–Trinajstić information content (AvgIpc) is 3.50. The van der Waals surface area contributed by atoms with E-state index in [0.717, 1.165) is 24.9 Å². The molecule has 51 heavy (non-hydrogen) atoms. The molecule has 3 N–H and O–H groups in total. The van der Waals surface area contributed by atoms with Crippen LogP contribution >= 0.6 is 0 Å². The summed E-state index contributed by atoms with van der Waals surface area (Å²) in [5.41, 5.74) is 11.2. The molecule has 1 aromatic rings. The van der Waals surface area contributed by atoms with Crippen LogP contribution in [0.25, 0.3) is 0 Å². The minimum absolute atomic E-state index is 0.0197. The molecule has 6 aliphatic carbocycles. The summed E-state index contributed by atoms with van der Waals surface area (Å²) in [5.74, 6) is 2.87. The number of hydrogen-bond donors (Lipinski definition) is 2. The van der Waals surface area contributed by atoms with Crippen LogP contribution in [0.15, 0.2) is 65.8 Å². The molecule has 4 nitrogen and oxygen atoms in total. The Morgan fingerprint density at radius 3 is 2.35 bits per heavy atom. The Bertz CT molecular complexity index is 1570. The van der Waals surface area contributed by atoms with E-state index >= 15 is 0 Å². The fraction of sp³-hybridized carbons (Fsp3) is 0.717. The van der Waals surface area contributed by atoms with Gasteiger partial charge in [-0.3, -0.25) is 4.79 Å². The molecular weight excluding hydrogens is 632 g/mol. The van der Waals surface area contributed by atoms with Crippen molar-refractivity contribution in [3.8, 4) is 0 Å². The van der Waals surface area contributed by atoms with Gasteiger partial charge < -0.3 is 15.8 Å². The molecule has 0 aromatic heterocycles. The Labute approximate surface area is 308 Å². The van der Waals surface area contributed by atoms with Crippen molar-refractivity contribution in [1.82, 2.24) is 5.32 Å². The second-order valence-corrected chi connectivity index (χ2v) is 19.5. The number of esters is 1. The summed E-state index contributed by atoms with van der Waals surface area (Å²) >= 11 is 0. The van der Waals surface area contributed by atoms with Crippen molar-refractivity contribution in [3.63, 3.8) is 0 Å². The third kappa shape index (κ3) is 5.59. The van der Waals surface area contributed by atoms with Crippen LogP contribution in [0.1, 0.15) is 124 Å². The highest BCUT2D eigenvalue weighted by atomic mass is 19.1. The van der Waals surface area contributed by atoms with Gasteiger partial charge in [-0.15, -0.1) is 0 Å². The summed E-state index contributed by atoms with van der Waals surface area (Å²) in [6.45, 7) is 21.1. The van der Waals surface area contributed by atoms with Crippen molar-refractivity contribution in [3.05, 3.63) is 71.3 Å². The third-order valence-corrected chi connectivity index (χ3v) is 17.1. The third-order valence-electron chi connectivity index (χ3n) is 17.1. The maximum absolute atomic E-state index is 14.7. The number of nitrogens with one attached hydrogen (secondary N) is 1. The quantitative estimate of drug-likeness (QED) is 0.199. The normalized spacial score (nSPS) is 42.7. The molecule has 5 heteroatoms. The Morgan fingerprint density at radius 1 is 0.922 bits per heavy atom. The Balaban J connectivity index is 1.13. The van der Waals surface area contributed by atoms with E-state index in [9.17, 15) is 9.18 Å². The van der Waals surface area contributed by atoms with Crippen LogP contribution in [-0.2, 0) is 16.1 Å². The molecule has 4 fully saturated rings. The van der Waals surface area contributed by atoms with Gasteiger partial charge >= 0.3 is 5.97 Å². The molecule has 0 saturated heterocycles. The zero-order chi connectivity index (χ0) is 36.5. The number of carbonyl (C=O) groups is 1. The fourth-order valence-corrected chi connectivity index (χ4v) is 14.3. The number of nitrogens with two attached hydrogens (primary N) is 1. The van der Waals surface area contributed by atoms with Gasteiger partial charge in [0.05, 0.1) is 5.41 Å². The molecular formula is C46H67FN2O2. The number of alkyl halides is 1. The van der Waals surface area contributed by atoms with Crippen LogP contribution in [0.4, 0.5) is 4.39 Å². The summed E-state index contributed by atoms with van der Waals surface area (Å²) in [7, 11) is 0. The number of halogens is 1. The van der Waals surface area contributed by atoms with E-state index in [-0.39, 0.29) is 23.0 Å². The molecule has 0 heterocycles. The van der Waals surface area contributed by atoms with Crippen LogP contribution in [0.3, 0.4) is 0 Å². The van der Waals surface area contributed by atoms with Crippen molar-refractivity contribution < 1.29 is 13.9 Å². The lowest BCUT2D eigenvalue weighted by Gasteiger charge is -2.72. The van der Waals surface area contributed by atoms with E-state index in [1.165, 1.54) is 68.1 Å². The first-order valence-corrected chi connectivity index (χ1v) is 20.5. The highest BCUT2D eigenvalue weighted by Crippen LogP contribution is 2.76. The van der Waals surface area contributed by atoms with Gasteiger partial charge in [0.15, 0.2) is 0 Å². The van der Waals surface area contributed by atoms with Crippen LogP contribution in [0.5, 0.6) is 0 Å². The second kappa shape index (κ2) is 13.3. The average molecular weight is 699 g/mol. The maximum atomic E-state index is 14.7. The standard InChI is InChI=1S/C46H67FN2O2/c1-31(2)34-17-24-46(49-28-27-48)26-25-43(6)36(39(34)46)13-14-38-42(5)20-18-35(41(3,4)37(42)19-21-44(38,43)7)33-15-22-45(30-47,23-16-33)40(50)51-29-32-11-9-8-10-12-32/h8-12,15,18,34,36-39,49H,1,13-14,16-17,19-30,48H2,2-7H3/t34-,36+,37-,38+,39+,42-,43+,44+,45-,46-/m0/s1. The molecule has 6 aliphatic rings. The van der Waals surface area contributed by atoms with E-state index in [2.05, 4.69) is 65.6 Å². The second-order valence-electron chi connectivity index (χ2n) is 19.5. The first-order valence-electron chi connectivity index (χ1n) is 20.5. The smallest absolute Gasteiger partial charge is 0.315 e. The SMILES string of the molecule is C=C(C)[C@@H]1CC[C@]2(NCCN)CC[C@]3(C)[C@H](CC[C@@H]4[C@@]5(C)CC=C(C6=CC[C@](CF)(C(=O)OCc7ccccc7)CC6)C(C)(C)[C@@H]5CC[C@]43C)[C@@H]12. The molecule has 1 aromatic carbocycles. The lowest BCUT2D eigenvalue weighted by Crippen LogP contribution is -2.68. The molecule has 0 aliphatic heterocycles. The lowest BCUT2D eigenvalue weighted by atomic mass is 9.33. The molecule has 4 saturated carbocycles. The van der Waals surface area contributed by atoms with Gasteiger partial charge in [-0.1, -0.05) is 89.3 Å².